The van der Waals surface area contributed by atoms with E-state index in [1.807, 2.05) is 18.3 Å². The lowest BCUT2D eigenvalue weighted by Crippen LogP contribution is -2.37. The highest BCUT2D eigenvalue weighted by molar-refractivity contribution is 7.99. The summed E-state index contributed by atoms with van der Waals surface area (Å²) < 4.78 is 0. The van der Waals surface area contributed by atoms with Gasteiger partial charge in [-0.3, -0.25) is 5.10 Å². The molecule has 8 heteroatoms. The first kappa shape index (κ1) is 16.6. The van der Waals surface area contributed by atoms with Crippen molar-refractivity contribution in [1.82, 2.24) is 25.1 Å². The molecule has 1 aliphatic rings. The number of nitrogens with one attached hydrogen (secondary N) is 1. The van der Waals surface area contributed by atoms with Gasteiger partial charge in [-0.2, -0.15) is 5.10 Å². The van der Waals surface area contributed by atoms with Gasteiger partial charge in [0.05, 0.1) is 11.1 Å². The normalized spacial score (nSPS) is 17.2. The van der Waals surface area contributed by atoms with Gasteiger partial charge < -0.3 is 4.90 Å². The standard InChI is InChI=1S/C17H19ClN6S/c1-17(2)5-8-24(9-6-17)12-10-20-13-15(21-12)22-23-16(13)25-11-4-3-7-19-14(11)18/h3-4,7,10H,5-6,8-9H2,1-2H3,(H,21,22,23). The highest BCUT2D eigenvalue weighted by Gasteiger charge is 2.26. The molecule has 0 saturated carbocycles. The molecule has 0 spiro atoms. The molecule has 1 fully saturated rings. The molecule has 0 atom stereocenters. The van der Waals surface area contributed by atoms with Gasteiger partial charge in [0.15, 0.2) is 10.7 Å². The lowest BCUT2D eigenvalue weighted by molar-refractivity contribution is 0.279. The average Bonchev–Trinajstić information content (AvgIpc) is 2.99. The Bertz CT molecular complexity index is 899. The molecule has 6 nitrogen and oxygen atoms in total. The Hall–Kier alpha value is -1.86. The lowest BCUT2D eigenvalue weighted by atomic mass is 9.83. The zero-order valence-electron chi connectivity index (χ0n) is 14.2. The molecule has 4 heterocycles. The van der Waals surface area contributed by atoms with E-state index in [-0.39, 0.29) is 0 Å². The first-order valence-electron chi connectivity index (χ1n) is 8.26. The van der Waals surface area contributed by atoms with Crippen molar-refractivity contribution in [3.8, 4) is 0 Å². The van der Waals surface area contributed by atoms with Crippen LogP contribution in [-0.4, -0.2) is 38.2 Å². The molecule has 0 radical (unpaired) electrons. The van der Waals surface area contributed by atoms with Gasteiger partial charge in [0.1, 0.15) is 16.5 Å². The molecular formula is C17H19ClN6S. The van der Waals surface area contributed by atoms with E-state index >= 15 is 0 Å². The predicted octanol–water partition coefficient (Wildman–Crippen LogP) is 4.18. The maximum absolute atomic E-state index is 6.13. The van der Waals surface area contributed by atoms with Gasteiger partial charge in [0.25, 0.3) is 0 Å². The Kier molecular flexibility index (Phi) is 4.29. The molecule has 0 bridgehead atoms. The molecule has 3 aromatic heterocycles. The number of H-pyrrole nitrogens is 1. The second-order valence-electron chi connectivity index (χ2n) is 7.00. The van der Waals surface area contributed by atoms with Crippen molar-refractivity contribution in [1.29, 1.82) is 0 Å². The van der Waals surface area contributed by atoms with E-state index in [0.717, 1.165) is 47.2 Å². The van der Waals surface area contributed by atoms with Crippen molar-refractivity contribution in [2.75, 3.05) is 18.0 Å². The van der Waals surface area contributed by atoms with E-state index in [4.69, 9.17) is 16.6 Å². The van der Waals surface area contributed by atoms with Crippen LogP contribution in [0, 0.1) is 5.41 Å². The maximum Gasteiger partial charge on any atom is 0.177 e. The first-order chi connectivity index (χ1) is 12.0. The topological polar surface area (TPSA) is 70.6 Å². The van der Waals surface area contributed by atoms with E-state index in [9.17, 15) is 0 Å². The molecule has 1 saturated heterocycles. The van der Waals surface area contributed by atoms with Crippen LogP contribution in [0.4, 0.5) is 5.82 Å². The van der Waals surface area contributed by atoms with Crippen LogP contribution in [0.5, 0.6) is 0 Å². The van der Waals surface area contributed by atoms with Crippen LogP contribution in [0.3, 0.4) is 0 Å². The van der Waals surface area contributed by atoms with Gasteiger partial charge in [-0.1, -0.05) is 37.2 Å². The number of rotatable bonds is 3. The zero-order chi connectivity index (χ0) is 17.4. The minimum Gasteiger partial charge on any atom is -0.355 e. The summed E-state index contributed by atoms with van der Waals surface area (Å²) >= 11 is 7.57. The van der Waals surface area contributed by atoms with Crippen molar-refractivity contribution in [3.05, 3.63) is 29.7 Å². The summed E-state index contributed by atoms with van der Waals surface area (Å²) in [5.74, 6) is 0.905. The van der Waals surface area contributed by atoms with Crippen molar-refractivity contribution in [2.45, 2.75) is 36.6 Å². The molecule has 0 unspecified atom stereocenters. The number of aromatic nitrogens is 5. The third-order valence-corrected chi connectivity index (χ3v) is 6.04. The summed E-state index contributed by atoms with van der Waals surface area (Å²) in [5.41, 5.74) is 1.87. The number of aromatic amines is 1. The third kappa shape index (κ3) is 3.43. The Morgan fingerprint density at radius 1 is 1.24 bits per heavy atom. The number of anilines is 1. The second-order valence-corrected chi connectivity index (χ2v) is 8.39. The van der Waals surface area contributed by atoms with Crippen molar-refractivity contribution in [2.24, 2.45) is 5.41 Å². The van der Waals surface area contributed by atoms with Gasteiger partial charge >= 0.3 is 0 Å². The van der Waals surface area contributed by atoms with Gasteiger partial charge in [0.2, 0.25) is 0 Å². The first-order valence-corrected chi connectivity index (χ1v) is 9.46. The number of hydrogen-bond acceptors (Lipinski definition) is 6. The fraction of sp³-hybridized carbons (Fsp3) is 0.412. The second kappa shape index (κ2) is 6.46. The van der Waals surface area contributed by atoms with Gasteiger partial charge in [-0.25, -0.2) is 15.0 Å². The van der Waals surface area contributed by atoms with Gasteiger partial charge in [-0.05, 0) is 30.4 Å². The Morgan fingerprint density at radius 3 is 2.80 bits per heavy atom. The van der Waals surface area contributed by atoms with Crippen LogP contribution in [0.25, 0.3) is 11.2 Å². The van der Waals surface area contributed by atoms with Crippen molar-refractivity contribution in [3.63, 3.8) is 0 Å². The number of hydrogen-bond donors (Lipinski definition) is 1. The highest BCUT2D eigenvalue weighted by atomic mass is 35.5. The lowest BCUT2D eigenvalue weighted by Gasteiger charge is -2.37. The summed E-state index contributed by atoms with van der Waals surface area (Å²) in [6, 6.07) is 3.77. The molecule has 0 aliphatic carbocycles. The molecule has 0 aromatic carbocycles. The Balaban J connectivity index is 1.58. The summed E-state index contributed by atoms with van der Waals surface area (Å²) in [5, 5.41) is 8.55. The summed E-state index contributed by atoms with van der Waals surface area (Å²) in [4.78, 5) is 16.5. The van der Waals surface area contributed by atoms with Crippen molar-refractivity contribution < 1.29 is 0 Å². The number of fused-ring (bicyclic) bond motifs is 1. The Labute approximate surface area is 155 Å². The fourth-order valence-electron chi connectivity index (χ4n) is 2.89. The SMILES string of the molecule is CC1(C)CCN(c2cnc3c(Sc4cccnc4Cl)n[nH]c3n2)CC1. The van der Waals surface area contributed by atoms with Crippen LogP contribution in [-0.2, 0) is 0 Å². The third-order valence-electron chi connectivity index (χ3n) is 4.60. The van der Waals surface area contributed by atoms with Gasteiger partial charge in [-0.15, -0.1) is 0 Å². The van der Waals surface area contributed by atoms with E-state index in [1.165, 1.54) is 11.8 Å². The zero-order valence-corrected chi connectivity index (χ0v) is 15.7. The summed E-state index contributed by atoms with van der Waals surface area (Å²) in [6.45, 7) is 6.66. The number of nitrogens with zero attached hydrogens (tertiary/aromatic N) is 5. The minimum atomic E-state index is 0.412. The maximum atomic E-state index is 6.13. The van der Waals surface area contributed by atoms with E-state index < -0.39 is 0 Å². The largest absolute Gasteiger partial charge is 0.355 e. The highest BCUT2D eigenvalue weighted by Crippen LogP contribution is 2.35. The molecule has 1 N–H and O–H groups in total. The average molecular weight is 375 g/mol. The molecule has 0 amide bonds. The minimum absolute atomic E-state index is 0.412. The molecule has 4 rings (SSSR count). The van der Waals surface area contributed by atoms with E-state index in [2.05, 4.69) is 38.9 Å². The van der Waals surface area contributed by atoms with Crippen molar-refractivity contribution >= 4 is 40.3 Å². The number of pyridine rings is 1. The number of piperidine rings is 1. The number of halogens is 1. The van der Waals surface area contributed by atoms with E-state index in [1.54, 1.807) is 6.20 Å². The molecule has 1 aliphatic heterocycles. The quantitative estimate of drug-likeness (QED) is 0.693. The van der Waals surface area contributed by atoms with Gasteiger partial charge in [0, 0.05) is 19.3 Å². The van der Waals surface area contributed by atoms with Crippen LogP contribution in [0.15, 0.2) is 34.4 Å². The molecular weight excluding hydrogens is 356 g/mol. The monoisotopic (exact) mass is 374 g/mol. The fourth-order valence-corrected chi connectivity index (χ4v) is 3.95. The van der Waals surface area contributed by atoms with Crippen LogP contribution in [0.1, 0.15) is 26.7 Å². The van der Waals surface area contributed by atoms with Crippen LogP contribution < -0.4 is 4.90 Å². The summed E-state index contributed by atoms with van der Waals surface area (Å²) in [7, 11) is 0. The van der Waals surface area contributed by atoms with E-state index in [0.29, 0.717) is 16.2 Å². The molecule has 25 heavy (non-hydrogen) atoms. The molecule has 3 aromatic rings. The predicted molar refractivity (Wildman–Crippen MR) is 100 cm³/mol. The summed E-state index contributed by atoms with van der Waals surface area (Å²) in [6.07, 6.45) is 5.83. The molecule has 130 valence electrons. The smallest absolute Gasteiger partial charge is 0.177 e. The van der Waals surface area contributed by atoms with Crippen LogP contribution >= 0.6 is 23.4 Å². The Morgan fingerprint density at radius 2 is 2.04 bits per heavy atom. The van der Waals surface area contributed by atoms with Crippen LogP contribution in [0.2, 0.25) is 5.15 Å².